The molecule has 0 bridgehead atoms. The number of benzene rings is 2. The van der Waals surface area contributed by atoms with Gasteiger partial charge in [0.1, 0.15) is 6.10 Å². The Morgan fingerprint density at radius 3 is 2.11 bits per heavy atom. The molecule has 7 heteroatoms. The fourth-order valence-corrected chi connectivity index (χ4v) is 3.68. The second-order valence-electron chi connectivity index (χ2n) is 6.71. The maximum absolute atomic E-state index is 14.7. The zero-order valence-corrected chi connectivity index (χ0v) is 15.3. The van der Waals surface area contributed by atoms with Crippen LogP contribution >= 0.6 is 0 Å². The van der Waals surface area contributed by atoms with E-state index in [-0.39, 0.29) is 41.1 Å². The minimum absolute atomic E-state index is 0.146. The van der Waals surface area contributed by atoms with E-state index in [0.29, 0.717) is 32.2 Å². The second-order valence-corrected chi connectivity index (χ2v) is 6.71. The average Bonchev–Trinajstić information content (AvgIpc) is 2.69. The van der Waals surface area contributed by atoms with Crippen LogP contribution in [0, 0.1) is 23.3 Å². The Balaban J connectivity index is 1.89. The van der Waals surface area contributed by atoms with E-state index >= 15 is 0 Å². The molecule has 0 unspecified atom stereocenters. The highest BCUT2D eigenvalue weighted by Gasteiger charge is 2.28. The van der Waals surface area contributed by atoms with Crippen molar-refractivity contribution in [3.8, 4) is 16.9 Å². The Hall–Kier alpha value is -2.57. The Kier molecular flexibility index (Phi) is 6.21. The number of carbonyl (C=O) groups excluding carboxylic acids is 1. The first-order chi connectivity index (χ1) is 13.5. The van der Waals surface area contributed by atoms with Gasteiger partial charge in [0, 0.05) is 11.1 Å². The van der Waals surface area contributed by atoms with Gasteiger partial charge in [-0.2, -0.15) is 4.39 Å². The van der Waals surface area contributed by atoms with Crippen LogP contribution in [0.5, 0.6) is 5.75 Å². The SMILES string of the molecule is CCOc1ccc(-c2ccc(C3CCC(OC=O)CC3)c(F)c2F)c(F)c1F. The molecule has 0 atom stereocenters. The fraction of sp³-hybridized carbons (Fsp3) is 0.381. The third kappa shape index (κ3) is 3.84. The van der Waals surface area contributed by atoms with Gasteiger partial charge in [-0.1, -0.05) is 12.1 Å². The first-order valence-electron chi connectivity index (χ1n) is 9.16. The molecule has 1 aliphatic carbocycles. The summed E-state index contributed by atoms with van der Waals surface area (Å²) < 4.78 is 67.7. The summed E-state index contributed by atoms with van der Waals surface area (Å²) in [6, 6.07) is 5.03. The topological polar surface area (TPSA) is 35.5 Å². The highest BCUT2D eigenvalue weighted by molar-refractivity contribution is 5.66. The number of rotatable bonds is 6. The molecule has 0 amide bonds. The average molecular weight is 396 g/mol. The predicted octanol–water partition coefficient (Wildman–Crippen LogP) is 5.51. The largest absolute Gasteiger partial charge is 0.491 e. The highest BCUT2D eigenvalue weighted by atomic mass is 19.2. The lowest BCUT2D eigenvalue weighted by Crippen LogP contribution is -2.21. The smallest absolute Gasteiger partial charge is 0.293 e. The number of hydrogen-bond acceptors (Lipinski definition) is 3. The molecule has 0 N–H and O–H groups in total. The van der Waals surface area contributed by atoms with Gasteiger partial charge in [-0.3, -0.25) is 4.79 Å². The summed E-state index contributed by atoms with van der Waals surface area (Å²) in [5.74, 6) is -5.31. The summed E-state index contributed by atoms with van der Waals surface area (Å²) in [5, 5.41) is 0. The molecule has 2 aromatic carbocycles. The van der Waals surface area contributed by atoms with Crippen LogP contribution in [-0.4, -0.2) is 19.2 Å². The van der Waals surface area contributed by atoms with Gasteiger partial charge in [-0.05, 0) is 56.2 Å². The van der Waals surface area contributed by atoms with Crippen LogP contribution < -0.4 is 4.74 Å². The van der Waals surface area contributed by atoms with Crippen molar-refractivity contribution in [3.63, 3.8) is 0 Å². The molecule has 0 aromatic heterocycles. The van der Waals surface area contributed by atoms with Crippen LogP contribution in [0.2, 0.25) is 0 Å². The van der Waals surface area contributed by atoms with Gasteiger partial charge in [0.05, 0.1) is 6.61 Å². The molecule has 28 heavy (non-hydrogen) atoms. The molecule has 0 heterocycles. The number of halogens is 4. The summed E-state index contributed by atoms with van der Waals surface area (Å²) in [5.41, 5.74) is -0.525. The normalized spacial score (nSPS) is 19.3. The standard InChI is InChI=1S/C21H20F4O3/c1-2-27-17-10-9-16(20(24)21(17)25)15-8-7-14(18(22)19(15)23)12-3-5-13(6-4-12)28-11-26/h7-13H,2-6H2,1H3. The Labute approximate surface area is 160 Å². The molecule has 1 fully saturated rings. The first kappa shape index (κ1) is 20.2. The summed E-state index contributed by atoms with van der Waals surface area (Å²) in [6.45, 7) is 2.16. The minimum atomic E-state index is -1.29. The van der Waals surface area contributed by atoms with Crippen LogP contribution in [-0.2, 0) is 9.53 Å². The molecule has 1 saturated carbocycles. The van der Waals surface area contributed by atoms with E-state index < -0.39 is 23.3 Å². The lowest BCUT2D eigenvalue weighted by Gasteiger charge is -2.28. The number of hydrogen-bond donors (Lipinski definition) is 0. The van der Waals surface area contributed by atoms with Gasteiger partial charge in [-0.15, -0.1) is 0 Å². The summed E-state index contributed by atoms with van der Waals surface area (Å²) in [7, 11) is 0. The van der Waals surface area contributed by atoms with Crippen molar-refractivity contribution in [2.24, 2.45) is 0 Å². The third-order valence-electron chi connectivity index (χ3n) is 5.11. The van der Waals surface area contributed by atoms with Crippen LogP contribution in [0.15, 0.2) is 24.3 Å². The van der Waals surface area contributed by atoms with Crippen LogP contribution in [0.1, 0.15) is 44.1 Å². The molecule has 0 spiro atoms. The van der Waals surface area contributed by atoms with E-state index in [2.05, 4.69) is 0 Å². The monoisotopic (exact) mass is 396 g/mol. The van der Waals surface area contributed by atoms with Gasteiger partial charge in [0.2, 0.25) is 5.82 Å². The molecule has 1 aliphatic rings. The first-order valence-corrected chi connectivity index (χ1v) is 9.16. The molecule has 0 radical (unpaired) electrons. The van der Waals surface area contributed by atoms with E-state index in [4.69, 9.17) is 9.47 Å². The minimum Gasteiger partial charge on any atom is -0.491 e. The molecule has 0 aliphatic heterocycles. The van der Waals surface area contributed by atoms with E-state index in [1.54, 1.807) is 6.92 Å². The van der Waals surface area contributed by atoms with E-state index in [1.807, 2.05) is 0 Å². The lowest BCUT2D eigenvalue weighted by molar-refractivity contribution is -0.135. The van der Waals surface area contributed by atoms with Crippen molar-refractivity contribution in [2.45, 2.75) is 44.6 Å². The fourth-order valence-electron chi connectivity index (χ4n) is 3.68. The van der Waals surface area contributed by atoms with Gasteiger partial charge < -0.3 is 9.47 Å². The quantitative estimate of drug-likeness (QED) is 0.477. The van der Waals surface area contributed by atoms with Crippen molar-refractivity contribution in [1.29, 1.82) is 0 Å². The Bertz CT molecular complexity index is 861. The van der Waals surface area contributed by atoms with Gasteiger partial charge in [-0.25, -0.2) is 13.2 Å². The van der Waals surface area contributed by atoms with Crippen molar-refractivity contribution >= 4 is 6.47 Å². The molecule has 3 rings (SSSR count). The van der Waals surface area contributed by atoms with E-state index in [0.717, 1.165) is 0 Å². The van der Waals surface area contributed by atoms with E-state index in [1.165, 1.54) is 24.3 Å². The summed E-state index contributed by atoms with van der Waals surface area (Å²) in [6.07, 6.45) is 2.00. The molecule has 2 aromatic rings. The summed E-state index contributed by atoms with van der Waals surface area (Å²) in [4.78, 5) is 10.4. The maximum atomic E-state index is 14.7. The van der Waals surface area contributed by atoms with Crippen LogP contribution in [0.4, 0.5) is 17.6 Å². The van der Waals surface area contributed by atoms with Crippen molar-refractivity contribution in [2.75, 3.05) is 6.61 Å². The van der Waals surface area contributed by atoms with Crippen LogP contribution in [0.3, 0.4) is 0 Å². The molecular weight excluding hydrogens is 376 g/mol. The Morgan fingerprint density at radius 1 is 0.893 bits per heavy atom. The van der Waals surface area contributed by atoms with E-state index in [9.17, 15) is 22.4 Å². The predicted molar refractivity (Wildman–Crippen MR) is 95.0 cm³/mol. The highest BCUT2D eigenvalue weighted by Crippen LogP contribution is 2.38. The second kappa shape index (κ2) is 8.63. The maximum Gasteiger partial charge on any atom is 0.293 e. The molecule has 3 nitrogen and oxygen atoms in total. The zero-order chi connectivity index (χ0) is 20.3. The Morgan fingerprint density at radius 2 is 1.50 bits per heavy atom. The molecular formula is C21H20F4O3. The van der Waals surface area contributed by atoms with Crippen molar-refractivity contribution in [3.05, 3.63) is 53.1 Å². The summed E-state index contributed by atoms with van der Waals surface area (Å²) >= 11 is 0. The van der Waals surface area contributed by atoms with Crippen molar-refractivity contribution in [1.82, 2.24) is 0 Å². The zero-order valence-electron chi connectivity index (χ0n) is 15.3. The van der Waals surface area contributed by atoms with Crippen molar-refractivity contribution < 1.29 is 31.8 Å². The lowest BCUT2D eigenvalue weighted by atomic mass is 9.82. The van der Waals surface area contributed by atoms with Gasteiger partial charge in [0.15, 0.2) is 23.2 Å². The van der Waals surface area contributed by atoms with Crippen LogP contribution in [0.25, 0.3) is 11.1 Å². The molecule has 0 saturated heterocycles. The third-order valence-corrected chi connectivity index (χ3v) is 5.11. The van der Waals surface area contributed by atoms with Gasteiger partial charge >= 0.3 is 0 Å². The number of ether oxygens (including phenoxy) is 2. The molecule has 150 valence electrons. The van der Waals surface area contributed by atoms with Gasteiger partial charge in [0.25, 0.3) is 6.47 Å². The number of carbonyl (C=O) groups is 1.